The van der Waals surface area contributed by atoms with Gasteiger partial charge in [0.2, 0.25) is 10.0 Å². The smallest absolute Gasteiger partial charge is 0.243 e. The highest BCUT2D eigenvalue weighted by molar-refractivity contribution is 7.89. The SMILES string of the molecule is Cc1sc(CNC2CC2)cc1S(=O)(=O)N(C)CCN(C)C. The molecule has 0 unspecified atom stereocenters. The average molecular weight is 332 g/mol. The number of sulfonamides is 1. The molecule has 1 N–H and O–H groups in total. The summed E-state index contributed by atoms with van der Waals surface area (Å²) in [6.07, 6.45) is 2.48. The van der Waals surface area contributed by atoms with Gasteiger partial charge in [-0.2, -0.15) is 4.31 Å². The summed E-state index contributed by atoms with van der Waals surface area (Å²) >= 11 is 1.57. The number of aryl methyl sites for hydroxylation is 1. The molecule has 0 atom stereocenters. The summed E-state index contributed by atoms with van der Waals surface area (Å²) in [6.45, 7) is 3.88. The number of hydrogen-bond donors (Lipinski definition) is 1. The van der Waals surface area contributed by atoms with E-state index in [0.29, 0.717) is 17.5 Å². The van der Waals surface area contributed by atoms with E-state index in [1.54, 1.807) is 18.4 Å². The monoisotopic (exact) mass is 331 g/mol. The van der Waals surface area contributed by atoms with Gasteiger partial charge in [-0.05, 0) is 39.9 Å². The first-order valence-electron chi connectivity index (χ1n) is 7.24. The molecule has 7 heteroatoms. The maximum absolute atomic E-state index is 12.6. The van der Waals surface area contributed by atoms with Crippen molar-refractivity contribution in [3.8, 4) is 0 Å². The van der Waals surface area contributed by atoms with E-state index >= 15 is 0 Å². The van der Waals surface area contributed by atoms with Crippen LogP contribution in [0.1, 0.15) is 22.6 Å². The third-order valence-electron chi connectivity index (χ3n) is 3.62. The third kappa shape index (κ3) is 4.50. The Balaban J connectivity index is 2.07. The molecule has 0 saturated heterocycles. The lowest BCUT2D eigenvalue weighted by Gasteiger charge is -2.19. The van der Waals surface area contributed by atoms with Crippen molar-refractivity contribution in [3.05, 3.63) is 15.8 Å². The lowest BCUT2D eigenvalue weighted by Crippen LogP contribution is -2.33. The second-order valence-electron chi connectivity index (χ2n) is 5.92. The average Bonchev–Trinajstić information content (AvgIpc) is 3.15. The number of nitrogens with zero attached hydrogens (tertiary/aromatic N) is 2. The molecule has 2 rings (SSSR count). The number of nitrogens with one attached hydrogen (secondary N) is 1. The van der Waals surface area contributed by atoms with Gasteiger partial charge in [0.1, 0.15) is 0 Å². The first-order valence-corrected chi connectivity index (χ1v) is 9.50. The van der Waals surface area contributed by atoms with Crippen LogP contribution >= 0.6 is 11.3 Å². The Morgan fingerprint density at radius 3 is 2.52 bits per heavy atom. The lowest BCUT2D eigenvalue weighted by molar-refractivity contribution is 0.358. The van der Waals surface area contributed by atoms with Crippen LogP contribution in [0.15, 0.2) is 11.0 Å². The van der Waals surface area contributed by atoms with E-state index in [-0.39, 0.29) is 0 Å². The molecule has 1 aromatic heterocycles. The molecule has 0 aromatic carbocycles. The summed E-state index contributed by atoms with van der Waals surface area (Å²) in [7, 11) is 2.16. The zero-order valence-corrected chi connectivity index (χ0v) is 14.9. The molecule has 0 radical (unpaired) electrons. The number of thiophene rings is 1. The molecular formula is C14H25N3O2S2. The van der Waals surface area contributed by atoms with Crippen molar-refractivity contribution in [1.82, 2.24) is 14.5 Å². The van der Waals surface area contributed by atoms with Crippen molar-refractivity contribution in [3.63, 3.8) is 0 Å². The van der Waals surface area contributed by atoms with Crippen molar-refractivity contribution in [2.75, 3.05) is 34.2 Å². The van der Waals surface area contributed by atoms with Gasteiger partial charge < -0.3 is 10.2 Å². The molecule has 5 nitrogen and oxygen atoms in total. The Hall–Kier alpha value is -0.470. The summed E-state index contributed by atoms with van der Waals surface area (Å²) in [5.74, 6) is 0. The Labute approximate surface area is 132 Å². The maximum Gasteiger partial charge on any atom is 0.243 e. The van der Waals surface area contributed by atoms with Gasteiger partial charge in [-0.3, -0.25) is 0 Å². The molecule has 1 saturated carbocycles. The van der Waals surface area contributed by atoms with E-state index in [9.17, 15) is 8.42 Å². The molecule has 1 aliphatic carbocycles. The zero-order chi connectivity index (χ0) is 15.6. The van der Waals surface area contributed by atoms with Crippen LogP contribution in [0.25, 0.3) is 0 Å². The highest BCUT2D eigenvalue weighted by Crippen LogP contribution is 2.28. The summed E-state index contributed by atoms with van der Waals surface area (Å²) in [4.78, 5) is 4.41. The fourth-order valence-corrected chi connectivity index (χ4v) is 4.74. The Morgan fingerprint density at radius 2 is 1.95 bits per heavy atom. The molecule has 0 amide bonds. The number of rotatable bonds is 8. The Kier molecular flexibility index (Phi) is 5.43. The molecule has 21 heavy (non-hydrogen) atoms. The number of likely N-dealkylation sites (N-methyl/N-ethyl adjacent to an activating group) is 2. The van der Waals surface area contributed by atoms with Gasteiger partial charge in [-0.15, -0.1) is 11.3 Å². The van der Waals surface area contributed by atoms with Gasteiger partial charge in [0.25, 0.3) is 0 Å². The van der Waals surface area contributed by atoms with Gasteiger partial charge in [0.05, 0.1) is 4.90 Å². The lowest BCUT2D eigenvalue weighted by atomic mass is 10.4. The molecule has 0 spiro atoms. The Morgan fingerprint density at radius 1 is 1.29 bits per heavy atom. The van der Waals surface area contributed by atoms with E-state index in [2.05, 4.69) is 5.32 Å². The van der Waals surface area contributed by atoms with Crippen LogP contribution in [0.2, 0.25) is 0 Å². The van der Waals surface area contributed by atoms with Gasteiger partial charge >= 0.3 is 0 Å². The quantitative estimate of drug-likeness (QED) is 0.784. The van der Waals surface area contributed by atoms with Crippen LogP contribution in [0.3, 0.4) is 0 Å². The minimum Gasteiger partial charge on any atom is -0.309 e. The summed E-state index contributed by atoms with van der Waals surface area (Å²) in [5, 5.41) is 3.43. The minimum absolute atomic E-state index is 0.460. The highest BCUT2D eigenvalue weighted by atomic mass is 32.2. The fourth-order valence-electron chi connectivity index (χ4n) is 2.03. The molecular weight excluding hydrogens is 306 g/mol. The second kappa shape index (κ2) is 6.75. The van der Waals surface area contributed by atoms with Crippen LogP contribution in [-0.4, -0.2) is 57.9 Å². The molecule has 0 bridgehead atoms. The Bertz CT molecular complexity index is 577. The summed E-state index contributed by atoms with van der Waals surface area (Å²) in [6, 6.07) is 2.46. The largest absolute Gasteiger partial charge is 0.309 e. The van der Waals surface area contributed by atoms with Crippen LogP contribution in [0.5, 0.6) is 0 Å². The van der Waals surface area contributed by atoms with Crippen molar-refractivity contribution < 1.29 is 8.42 Å². The van der Waals surface area contributed by atoms with E-state index in [0.717, 1.165) is 22.8 Å². The first kappa shape index (κ1) is 16.9. The summed E-state index contributed by atoms with van der Waals surface area (Å²) < 4.78 is 26.7. The van der Waals surface area contributed by atoms with Gasteiger partial charge in [0.15, 0.2) is 0 Å². The normalized spacial score (nSPS) is 16.1. The summed E-state index contributed by atoms with van der Waals surface area (Å²) in [5.41, 5.74) is 0. The van der Waals surface area contributed by atoms with Crippen molar-refractivity contribution >= 4 is 21.4 Å². The topological polar surface area (TPSA) is 52.7 Å². The van der Waals surface area contributed by atoms with Crippen molar-refractivity contribution in [2.24, 2.45) is 0 Å². The molecule has 1 fully saturated rings. The molecule has 0 aliphatic heterocycles. The highest BCUT2D eigenvalue weighted by Gasteiger charge is 2.26. The van der Waals surface area contributed by atoms with E-state index < -0.39 is 10.0 Å². The van der Waals surface area contributed by atoms with Gasteiger partial charge in [-0.1, -0.05) is 0 Å². The predicted molar refractivity (Wildman–Crippen MR) is 87.3 cm³/mol. The third-order valence-corrected chi connectivity index (χ3v) is 6.78. The fraction of sp³-hybridized carbons (Fsp3) is 0.714. The molecule has 1 aromatic rings. The minimum atomic E-state index is -3.38. The van der Waals surface area contributed by atoms with Crippen LogP contribution < -0.4 is 5.32 Å². The van der Waals surface area contributed by atoms with Crippen molar-refractivity contribution in [1.29, 1.82) is 0 Å². The van der Waals surface area contributed by atoms with Crippen LogP contribution in [0.4, 0.5) is 0 Å². The van der Waals surface area contributed by atoms with Gasteiger partial charge in [-0.25, -0.2) is 8.42 Å². The second-order valence-corrected chi connectivity index (χ2v) is 9.27. The van der Waals surface area contributed by atoms with E-state index in [4.69, 9.17) is 0 Å². The first-order chi connectivity index (χ1) is 9.80. The predicted octanol–water partition coefficient (Wildman–Crippen LogP) is 1.49. The molecule has 120 valence electrons. The van der Waals surface area contributed by atoms with Crippen LogP contribution in [0, 0.1) is 6.92 Å². The maximum atomic E-state index is 12.6. The van der Waals surface area contributed by atoms with E-state index in [1.165, 1.54) is 17.1 Å². The van der Waals surface area contributed by atoms with Gasteiger partial charge in [0, 0.05) is 42.5 Å². The molecule has 1 heterocycles. The van der Waals surface area contributed by atoms with Crippen LogP contribution in [-0.2, 0) is 16.6 Å². The van der Waals surface area contributed by atoms with E-state index in [1.807, 2.05) is 32.0 Å². The number of hydrogen-bond acceptors (Lipinski definition) is 5. The standard InChI is InChI=1S/C14H25N3O2S2/c1-11-14(9-13(20-11)10-15-12-5-6-12)21(18,19)17(4)8-7-16(2)3/h9,12,15H,5-8,10H2,1-4H3. The zero-order valence-electron chi connectivity index (χ0n) is 13.2. The van der Waals surface area contributed by atoms with Crippen molar-refractivity contribution in [2.45, 2.75) is 37.2 Å². The molecule has 1 aliphatic rings.